The molecular weight excluding hydrogens is 176 g/mol. The average Bonchev–Trinajstić information content (AvgIpc) is 2.82. The van der Waals surface area contributed by atoms with Crippen LogP contribution >= 0.6 is 0 Å². The zero-order valence-corrected chi connectivity index (χ0v) is 9.21. The molecule has 4 unspecified atom stereocenters. The second kappa shape index (κ2) is 2.96. The molecule has 0 bridgehead atoms. The van der Waals surface area contributed by atoms with Gasteiger partial charge in [0.25, 0.3) is 0 Å². The Labute approximate surface area is 85.4 Å². The highest BCUT2D eigenvalue weighted by Crippen LogP contribution is 2.42. The molecule has 2 saturated carbocycles. The summed E-state index contributed by atoms with van der Waals surface area (Å²) in [6.45, 7) is 6.38. The summed E-state index contributed by atoms with van der Waals surface area (Å²) in [6.07, 6.45) is 1.99. The molecule has 3 heteroatoms. The van der Waals surface area contributed by atoms with E-state index in [-0.39, 0.29) is 29.3 Å². The minimum absolute atomic E-state index is 0.0772. The third-order valence-electron chi connectivity index (χ3n) is 4.11. The van der Waals surface area contributed by atoms with Crippen LogP contribution in [0.25, 0.3) is 0 Å². The van der Waals surface area contributed by atoms with Gasteiger partial charge in [-0.1, -0.05) is 20.8 Å². The Hall–Kier alpha value is -0.570. The molecule has 1 amide bonds. The first-order valence-corrected chi connectivity index (χ1v) is 5.49. The van der Waals surface area contributed by atoms with Crippen molar-refractivity contribution >= 4 is 5.91 Å². The van der Waals surface area contributed by atoms with Gasteiger partial charge in [-0.2, -0.15) is 0 Å². The standard InChI is InChI=1S/C11H20N2O/c1-6-4-7(6)10(14)13-9-5-8(12)11(9,2)3/h6-9H,4-5,12H2,1-3H3,(H,13,14). The fourth-order valence-corrected chi connectivity index (χ4v) is 2.17. The van der Waals surface area contributed by atoms with Crippen LogP contribution in [0.15, 0.2) is 0 Å². The van der Waals surface area contributed by atoms with E-state index >= 15 is 0 Å². The molecule has 0 aromatic carbocycles. The van der Waals surface area contributed by atoms with Crippen LogP contribution in [0.4, 0.5) is 0 Å². The molecule has 0 aromatic rings. The van der Waals surface area contributed by atoms with Gasteiger partial charge < -0.3 is 11.1 Å². The predicted octanol–water partition coefficient (Wildman–Crippen LogP) is 0.884. The van der Waals surface area contributed by atoms with Crippen molar-refractivity contribution < 1.29 is 4.79 Å². The molecule has 2 aliphatic carbocycles. The molecule has 2 rings (SSSR count). The second-order valence-electron chi connectivity index (χ2n) is 5.54. The first-order chi connectivity index (χ1) is 6.43. The Kier molecular flexibility index (Phi) is 2.11. The summed E-state index contributed by atoms with van der Waals surface area (Å²) in [5, 5.41) is 3.11. The number of amides is 1. The Balaban J connectivity index is 1.85. The number of carbonyl (C=O) groups excluding carboxylic acids is 1. The highest BCUT2D eigenvalue weighted by molar-refractivity contribution is 5.81. The van der Waals surface area contributed by atoms with Crippen molar-refractivity contribution in [1.29, 1.82) is 0 Å². The van der Waals surface area contributed by atoms with Gasteiger partial charge in [-0.25, -0.2) is 0 Å². The van der Waals surface area contributed by atoms with E-state index in [1.54, 1.807) is 0 Å². The van der Waals surface area contributed by atoms with E-state index in [2.05, 4.69) is 26.1 Å². The molecule has 2 fully saturated rings. The van der Waals surface area contributed by atoms with Crippen molar-refractivity contribution in [2.45, 2.75) is 45.7 Å². The third-order valence-corrected chi connectivity index (χ3v) is 4.11. The van der Waals surface area contributed by atoms with E-state index in [9.17, 15) is 4.79 Å². The maximum atomic E-state index is 11.7. The van der Waals surface area contributed by atoms with Crippen molar-refractivity contribution in [3.63, 3.8) is 0 Å². The van der Waals surface area contributed by atoms with Crippen LogP contribution < -0.4 is 11.1 Å². The minimum Gasteiger partial charge on any atom is -0.352 e. The summed E-state index contributed by atoms with van der Waals surface area (Å²) in [5.74, 6) is 1.11. The predicted molar refractivity (Wildman–Crippen MR) is 55.6 cm³/mol. The number of nitrogens with two attached hydrogens (primary N) is 1. The van der Waals surface area contributed by atoms with Crippen LogP contribution in [-0.2, 0) is 4.79 Å². The molecule has 0 aliphatic heterocycles. The summed E-state index contributed by atoms with van der Waals surface area (Å²) >= 11 is 0. The second-order valence-corrected chi connectivity index (χ2v) is 5.54. The highest BCUT2D eigenvalue weighted by Gasteiger charge is 2.48. The Bertz CT molecular complexity index is 262. The van der Waals surface area contributed by atoms with Crippen LogP contribution in [0, 0.1) is 17.3 Å². The Morgan fingerprint density at radius 3 is 2.36 bits per heavy atom. The van der Waals surface area contributed by atoms with Crippen molar-refractivity contribution in [2.24, 2.45) is 23.0 Å². The number of hydrogen-bond donors (Lipinski definition) is 2. The highest BCUT2D eigenvalue weighted by atomic mass is 16.2. The normalized spacial score (nSPS) is 44.0. The zero-order chi connectivity index (χ0) is 10.5. The molecule has 0 aromatic heterocycles. The lowest BCUT2D eigenvalue weighted by molar-refractivity contribution is -0.125. The summed E-state index contributed by atoms with van der Waals surface area (Å²) in [5.41, 5.74) is 5.97. The SMILES string of the molecule is CC1CC1C(=O)NC1CC(N)C1(C)C. The topological polar surface area (TPSA) is 55.1 Å². The molecule has 0 radical (unpaired) electrons. The first-order valence-electron chi connectivity index (χ1n) is 5.49. The number of nitrogens with one attached hydrogen (secondary N) is 1. The third kappa shape index (κ3) is 1.44. The maximum absolute atomic E-state index is 11.7. The quantitative estimate of drug-likeness (QED) is 0.689. The van der Waals surface area contributed by atoms with Crippen LogP contribution in [0.2, 0.25) is 0 Å². The lowest BCUT2D eigenvalue weighted by atomic mass is 9.63. The monoisotopic (exact) mass is 196 g/mol. The molecule has 2 aliphatic rings. The van der Waals surface area contributed by atoms with Gasteiger partial charge in [-0.05, 0) is 18.8 Å². The fraction of sp³-hybridized carbons (Fsp3) is 0.909. The van der Waals surface area contributed by atoms with Crippen LogP contribution in [0.1, 0.15) is 33.6 Å². The summed E-state index contributed by atoms with van der Waals surface area (Å²) < 4.78 is 0. The lowest BCUT2D eigenvalue weighted by Crippen LogP contribution is -2.64. The largest absolute Gasteiger partial charge is 0.352 e. The smallest absolute Gasteiger partial charge is 0.223 e. The van der Waals surface area contributed by atoms with E-state index in [0.717, 1.165) is 12.8 Å². The van der Waals surface area contributed by atoms with Gasteiger partial charge in [-0.3, -0.25) is 4.79 Å². The first kappa shape index (κ1) is 9.97. The minimum atomic E-state index is 0.0772. The molecule has 0 heterocycles. The van der Waals surface area contributed by atoms with E-state index in [4.69, 9.17) is 5.73 Å². The van der Waals surface area contributed by atoms with Gasteiger partial charge in [0, 0.05) is 23.4 Å². The van der Waals surface area contributed by atoms with Gasteiger partial charge in [0.05, 0.1) is 0 Å². The molecule has 14 heavy (non-hydrogen) atoms. The van der Waals surface area contributed by atoms with Crippen molar-refractivity contribution in [3.8, 4) is 0 Å². The Morgan fingerprint density at radius 1 is 1.43 bits per heavy atom. The molecule has 4 atom stereocenters. The molecular formula is C11H20N2O. The van der Waals surface area contributed by atoms with Crippen LogP contribution in [-0.4, -0.2) is 18.0 Å². The maximum Gasteiger partial charge on any atom is 0.223 e. The average molecular weight is 196 g/mol. The van der Waals surface area contributed by atoms with Gasteiger partial charge in [0.1, 0.15) is 0 Å². The summed E-state index contributed by atoms with van der Waals surface area (Å²) in [6, 6.07) is 0.530. The van der Waals surface area contributed by atoms with E-state index < -0.39 is 0 Å². The molecule has 80 valence electrons. The Morgan fingerprint density at radius 2 is 2.00 bits per heavy atom. The number of rotatable bonds is 2. The number of carbonyl (C=O) groups is 1. The van der Waals surface area contributed by atoms with E-state index in [0.29, 0.717) is 5.92 Å². The van der Waals surface area contributed by atoms with Crippen LogP contribution in [0.3, 0.4) is 0 Å². The van der Waals surface area contributed by atoms with Crippen molar-refractivity contribution in [3.05, 3.63) is 0 Å². The molecule has 0 saturated heterocycles. The van der Waals surface area contributed by atoms with Gasteiger partial charge in [0.15, 0.2) is 0 Å². The van der Waals surface area contributed by atoms with Gasteiger partial charge >= 0.3 is 0 Å². The van der Waals surface area contributed by atoms with Crippen LogP contribution in [0.5, 0.6) is 0 Å². The lowest BCUT2D eigenvalue weighted by Gasteiger charge is -2.50. The van der Waals surface area contributed by atoms with E-state index in [1.807, 2.05) is 0 Å². The van der Waals surface area contributed by atoms with Crippen molar-refractivity contribution in [2.75, 3.05) is 0 Å². The summed E-state index contributed by atoms with van der Waals surface area (Å²) in [4.78, 5) is 11.7. The molecule has 3 N–H and O–H groups in total. The van der Waals surface area contributed by atoms with Gasteiger partial charge in [-0.15, -0.1) is 0 Å². The zero-order valence-electron chi connectivity index (χ0n) is 9.21. The summed E-state index contributed by atoms with van der Waals surface area (Å²) in [7, 11) is 0. The fourth-order valence-electron chi connectivity index (χ4n) is 2.17. The number of hydrogen-bond acceptors (Lipinski definition) is 2. The molecule has 3 nitrogen and oxygen atoms in total. The van der Waals surface area contributed by atoms with Crippen molar-refractivity contribution in [1.82, 2.24) is 5.32 Å². The van der Waals surface area contributed by atoms with Gasteiger partial charge in [0.2, 0.25) is 5.91 Å². The molecule has 0 spiro atoms. The van der Waals surface area contributed by atoms with E-state index in [1.165, 1.54) is 0 Å².